The van der Waals surface area contributed by atoms with Gasteiger partial charge in [-0.1, -0.05) is 60.7 Å². The topological polar surface area (TPSA) is 138 Å². The lowest BCUT2D eigenvalue weighted by Crippen LogP contribution is -2.48. The second kappa shape index (κ2) is 12.5. The van der Waals surface area contributed by atoms with Crippen LogP contribution in [0.5, 0.6) is 0 Å². The van der Waals surface area contributed by atoms with Crippen LogP contribution in [0.4, 0.5) is 5.82 Å². The van der Waals surface area contributed by atoms with Crippen LogP contribution in [0.1, 0.15) is 50.6 Å². The van der Waals surface area contributed by atoms with E-state index in [0.29, 0.717) is 36.9 Å². The minimum Gasteiger partial charge on any atom is -0.379 e. The number of piperidine rings is 1. The van der Waals surface area contributed by atoms with Crippen molar-refractivity contribution < 1.29 is 22.7 Å². The molecule has 2 amide bonds. The third kappa shape index (κ3) is 6.24. The Bertz CT molecular complexity index is 1700. The summed E-state index contributed by atoms with van der Waals surface area (Å²) in [7, 11) is -4.08. The van der Waals surface area contributed by atoms with E-state index in [9.17, 15) is 18.0 Å². The Kier molecular flexibility index (Phi) is 8.36. The monoisotopic (exact) mass is 603 g/mol. The molecule has 0 spiro atoms. The molecule has 0 bridgehead atoms. The largest absolute Gasteiger partial charge is 0.379 e. The number of anilines is 1. The molecular weight excluding hydrogens is 570 g/mol. The van der Waals surface area contributed by atoms with Crippen LogP contribution in [0.15, 0.2) is 73.1 Å². The van der Waals surface area contributed by atoms with Crippen molar-refractivity contribution in [2.24, 2.45) is 0 Å². The number of aromatic nitrogens is 3. The van der Waals surface area contributed by atoms with Crippen molar-refractivity contribution in [2.45, 2.75) is 25.3 Å². The summed E-state index contributed by atoms with van der Waals surface area (Å²) in [4.78, 5) is 33.2. The molecule has 4 heterocycles. The first-order valence-corrected chi connectivity index (χ1v) is 15.7. The van der Waals surface area contributed by atoms with Crippen molar-refractivity contribution in [1.29, 1.82) is 0 Å². The molecule has 2 N–H and O–H groups in total. The molecule has 0 atom stereocenters. The molecule has 4 aromatic rings. The lowest BCUT2D eigenvalue weighted by molar-refractivity contribution is 0.0712. The zero-order valence-corrected chi connectivity index (χ0v) is 24.4. The summed E-state index contributed by atoms with van der Waals surface area (Å²) in [5, 5.41) is 7.69. The van der Waals surface area contributed by atoms with Crippen LogP contribution < -0.4 is 10.0 Å². The molecule has 0 unspecified atom stereocenters. The van der Waals surface area contributed by atoms with Crippen molar-refractivity contribution >= 4 is 33.5 Å². The van der Waals surface area contributed by atoms with Crippen LogP contribution in [0.25, 0.3) is 5.65 Å². The third-order valence-corrected chi connectivity index (χ3v) is 9.38. The van der Waals surface area contributed by atoms with Gasteiger partial charge in [0.25, 0.3) is 11.8 Å². The summed E-state index contributed by atoms with van der Waals surface area (Å²) < 4.78 is 35.5. The van der Waals surface area contributed by atoms with E-state index < -0.39 is 16.1 Å². The van der Waals surface area contributed by atoms with E-state index in [0.717, 1.165) is 22.7 Å². The molecule has 224 valence electrons. The Morgan fingerprint density at radius 2 is 1.56 bits per heavy atom. The highest BCUT2D eigenvalue weighted by molar-refractivity contribution is 7.87. The SMILES string of the molecule is O=C(NS(=O)(=O)N1CCOCC1)c1cnn2c(NCc3ccccc3)c(C(=O)N3CCC(c4ccccc4)CC3)cnc12. The van der Waals surface area contributed by atoms with Crippen LogP contribution in [0.2, 0.25) is 0 Å². The first-order chi connectivity index (χ1) is 20.9. The van der Waals surface area contributed by atoms with Gasteiger partial charge in [0.1, 0.15) is 16.9 Å². The van der Waals surface area contributed by atoms with E-state index in [1.807, 2.05) is 53.4 Å². The van der Waals surface area contributed by atoms with Crippen LogP contribution >= 0.6 is 0 Å². The fourth-order valence-electron chi connectivity index (χ4n) is 5.53. The molecule has 0 radical (unpaired) electrons. The average Bonchev–Trinajstić information content (AvgIpc) is 3.49. The first-order valence-electron chi connectivity index (χ1n) is 14.3. The van der Waals surface area contributed by atoms with Crippen LogP contribution in [-0.2, 0) is 21.5 Å². The number of hydrogen-bond acceptors (Lipinski definition) is 8. The van der Waals surface area contributed by atoms with Crippen molar-refractivity contribution in [2.75, 3.05) is 44.7 Å². The molecule has 43 heavy (non-hydrogen) atoms. The van der Waals surface area contributed by atoms with E-state index in [1.54, 1.807) is 0 Å². The third-order valence-electron chi connectivity index (χ3n) is 7.89. The van der Waals surface area contributed by atoms with Gasteiger partial charge in [0.2, 0.25) is 0 Å². The summed E-state index contributed by atoms with van der Waals surface area (Å²) in [5.74, 6) is -0.278. The van der Waals surface area contributed by atoms with Crippen molar-refractivity contribution in [1.82, 2.24) is 28.5 Å². The molecule has 13 heteroatoms. The molecule has 12 nitrogen and oxygen atoms in total. The molecule has 0 saturated carbocycles. The number of ether oxygens (including phenoxy) is 1. The fraction of sp³-hybridized carbons (Fsp3) is 0.333. The fourth-order valence-corrected chi connectivity index (χ4v) is 6.64. The Morgan fingerprint density at radius 1 is 0.884 bits per heavy atom. The second-order valence-electron chi connectivity index (χ2n) is 10.6. The van der Waals surface area contributed by atoms with Crippen LogP contribution in [0.3, 0.4) is 0 Å². The van der Waals surface area contributed by atoms with Crippen LogP contribution in [-0.4, -0.2) is 83.4 Å². The van der Waals surface area contributed by atoms with Gasteiger partial charge in [-0.2, -0.15) is 22.3 Å². The molecule has 2 aliphatic heterocycles. The predicted octanol–water partition coefficient (Wildman–Crippen LogP) is 2.67. The van der Waals surface area contributed by atoms with Crippen molar-refractivity contribution in [3.05, 3.63) is 95.3 Å². The quantitative estimate of drug-likeness (QED) is 0.314. The Morgan fingerprint density at radius 3 is 2.26 bits per heavy atom. The highest BCUT2D eigenvalue weighted by Gasteiger charge is 2.30. The number of rotatable bonds is 8. The lowest BCUT2D eigenvalue weighted by Gasteiger charge is -2.32. The number of likely N-dealkylation sites (tertiary alicyclic amines) is 1. The number of morpholine rings is 1. The minimum atomic E-state index is -4.08. The number of carbonyl (C=O) groups is 2. The average molecular weight is 604 g/mol. The standard InChI is InChI=1S/C30H33N7O5S/c38-29(34-43(40,41)36-15-17-42-18-16-36)25-21-33-37-27(25)32-20-26(28(37)31-19-22-7-3-1-4-8-22)30(39)35-13-11-24(12-14-35)23-9-5-2-6-10-23/h1-10,20-21,24,31H,11-19H2,(H,34,38). The zero-order valence-electron chi connectivity index (χ0n) is 23.6. The van der Waals surface area contributed by atoms with Gasteiger partial charge in [0, 0.05) is 38.9 Å². The highest BCUT2D eigenvalue weighted by atomic mass is 32.2. The van der Waals surface area contributed by atoms with E-state index in [2.05, 4.69) is 32.3 Å². The second-order valence-corrected chi connectivity index (χ2v) is 12.2. The van der Waals surface area contributed by atoms with Gasteiger partial charge in [-0.25, -0.2) is 9.71 Å². The van der Waals surface area contributed by atoms with E-state index in [-0.39, 0.29) is 43.4 Å². The van der Waals surface area contributed by atoms with Crippen LogP contribution in [0, 0.1) is 0 Å². The molecule has 2 aliphatic rings. The number of nitrogens with zero attached hydrogens (tertiary/aromatic N) is 5. The predicted molar refractivity (Wildman–Crippen MR) is 160 cm³/mol. The zero-order chi connectivity index (χ0) is 29.8. The minimum absolute atomic E-state index is 0.0257. The van der Waals surface area contributed by atoms with Gasteiger partial charge < -0.3 is 15.0 Å². The maximum absolute atomic E-state index is 13.9. The number of carbonyl (C=O) groups excluding carboxylic acids is 2. The molecule has 2 aromatic carbocycles. The summed E-state index contributed by atoms with van der Waals surface area (Å²) in [6.45, 7) is 2.40. The molecule has 2 saturated heterocycles. The maximum atomic E-state index is 13.9. The smallest absolute Gasteiger partial charge is 0.304 e. The van der Waals surface area contributed by atoms with E-state index in [4.69, 9.17) is 4.74 Å². The first kappa shape index (κ1) is 28.8. The summed E-state index contributed by atoms with van der Waals surface area (Å²) in [5.41, 5.74) is 2.68. The molecular formula is C30H33N7O5S. The molecule has 0 aliphatic carbocycles. The van der Waals surface area contributed by atoms with Crippen molar-refractivity contribution in [3.8, 4) is 0 Å². The molecule has 2 fully saturated rings. The van der Waals surface area contributed by atoms with Gasteiger partial charge in [-0.05, 0) is 29.9 Å². The number of nitrogens with one attached hydrogen (secondary N) is 2. The Labute approximate surface area is 249 Å². The number of benzene rings is 2. The lowest BCUT2D eigenvalue weighted by atomic mass is 9.89. The number of fused-ring (bicyclic) bond motifs is 1. The Balaban J connectivity index is 1.27. The van der Waals surface area contributed by atoms with Gasteiger partial charge in [0.05, 0.1) is 19.4 Å². The van der Waals surface area contributed by atoms with Gasteiger partial charge in [0.15, 0.2) is 5.65 Å². The van der Waals surface area contributed by atoms with Gasteiger partial charge >= 0.3 is 10.2 Å². The molecule has 6 rings (SSSR count). The normalized spacial score (nSPS) is 16.7. The number of amides is 2. The number of hydrogen-bond donors (Lipinski definition) is 2. The van der Waals surface area contributed by atoms with Gasteiger partial charge in [-0.15, -0.1) is 0 Å². The molecule has 2 aromatic heterocycles. The maximum Gasteiger partial charge on any atom is 0.304 e. The summed E-state index contributed by atoms with van der Waals surface area (Å²) >= 11 is 0. The van der Waals surface area contributed by atoms with E-state index >= 15 is 0 Å². The highest BCUT2D eigenvalue weighted by Crippen LogP contribution is 2.30. The van der Waals surface area contributed by atoms with Crippen molar-refractivity contribution in [3.63, 3.8) is 0 Å². The van der Waals surface area contributed by atoms with Gasteiger partial charge in [-0.3, -0.25) is 9.59 Å². The summed E-state index contributed by atoms with van der Waals surface area (Å²) in [6.07, 6.45) is 4.40. The van der Waals surface area contributed by atoms with E-state index in [1.165, 1.54) is 22.5 Å². The Hall–Kier alpha value is -4.33. The summed E-state index contributed by atoms with van der Waals surface area (Å²) in [6, 6.07) is 20.0.